The number of fused-ring (bicyclic) bond motifs is 3. The van der Waals surface area contributed by atoms with Crippen molar-refractivity contribution in [2.24, 2.45) is 0 Å². The number of phenolic OH excluding ortho intramolecular Hbond substituents is 1. The quantitative estimate of drug-likeness (QED) is 0.743. The van der Waals surface area contributed by atoms with Crippen molar-refractivity contribution in [3.63, 3.8) is 0 Å². The SMILES string of the molecule is N#Cc1ccc(C(N2CCCC2=O)N2Cc3cc(O)ccc3-n3cnnc32)cc1. The van der Waals surface area contributed by atoms with Gasteiger partial charge in [0.1, 0.15) is 18.2 Å². The Kier molecular flexibility index (Phi) is 3.95. The van der Waals surface area contributed by atoms with Crippen LogP contribution in [0.3, 0.4) is 0 Å². The monoisotopic (exact) mass is 386 g/mol. The van der Waals surface area contributed by atoms with Crippen LogP contribution in [0, 0.1) is 11.3 Å². The van der Waals surface area contributed by atoms with Gasteiger partial charge in [0.05, 0.1) is 23.9 Å². The van der Waals surface area contributed by atoms with Crippen LogP contribution in [0.25, 0.3) is 5.69 Å². The number of anilines is 1. The number of carbonyl (C=O) groups excluding carboxylic acids is 1. The van der Waals surface area contributed by atoms with Gasteiger partial charge in [-0.15, -0.1) is 10.2 Å². The van der Waals surface area contributed by atoms with Gasteiger partial charge in [-0.25, -0.2) is 0 Å². The first kappa shape index (κ1) is 17.3. The highest BCUT2D eigenvalue weighted by Gasteiger charge is 2.37. The number of nitrogens with zero attached hydrogens (tertiary/aromatic N) is 6. The van der Waals surface area contributed by atoms with Crippen molar-refractivity contribution in [2.45, 2.75) is 25.6 Å². The van der Waals surface area contributed by atoms with E-state index in [1.807, 2.05) is 32.6 Å². The summed E-state index contributed by atoms with van der Waals surface area (Å²) in [6, 6.07) is 14.6. The van der Waals surface area contributed by atoms with Gasteiger partial charge in [-0.2, -0.15) is 5.26 Å². The molecule has 3 aromatic rings. The number of carbonyl (C=O) groups is 1. The van der Waals surface area contributed by atoms with Gasteiger partial charge in [0, 0.05) is 13.0 Å². The van der Waals surface area contributed by atoms with Gasteiger partial charge in [-0.1, -0.05) is 12.1 Å². The van der Waals surface area contributed by atoms with E-state index in [0.717, 1.165) is 23.2 Å². The van der Waals surface area contributed by atoms with E-state index in [2.05, 4.69) is 16.3 Å². The summed E-state index contributed by atoms with van der Waals surface area (Å²) in [5.74, 6) is 0.914. The molecular formula is C21H18N6O2. The summed E-state index contributed by atoms with van der Waals surface area (Å²) in [6.07, 6.45) is 2.59. The van der Waals surface area contributed by atoms with Gasteiger partial charge in [-0.05, 0) is 47.9 Å². The number of nitriles is 1. The standard InChI is InChI=1S/C21H18N6O2/c22-11-14-3-5-15(6-4-14)20(25-9-1-2-19(25)29)26-12-16-10-17(28)7-8-18(16)27-13-23-24-21(26)27/h3-8,10,13,20,28H,1-2,9,12H2. The minimum Gasteiger partial charge on any atom is -0.508 e. The van der Waals surface area contributed by atoms with Crippen molar-refractivity contribution in [2.75, 3.05) is 11.4 Å². The summed E-state index contributed by atoms with van der Waals surface area (Å²) in [5.41, 5.74) is 3.29. The molecule has 2 aliphatic rings. The number of likely N-dealkylation sites (tertiary alicyclic amines) is 1. The first-order valence-corrected chi connectivity index (χ1v) is 9.44. The molecule has 1 atom stereocenters. The molecule has 1 aromatic heterocycles. The van der Waals surface area contributed by atoms with Gasteiger partial charge in [0.2, 0.25) is 11.9 Å². The second-order valence-electron chi connectivity index (χ2n) is 7.24. The van der Waals surface area contributed by atoms with Crippen LogP contribution in [0.5, 0.6) is 5.75 Å². The summed E-state index contributed by atoms with van der Waals surface area (Å²) in [5, 5.41) is 27.5. The van der Waals surface area contributed by atoms with Gasteiger partial charge < -0.3 is 14.9 Å². The molecule has 8 heteroatoms. The maximum atomic E-state index is 12.7. The highest BCUT2D eigenvalue weighted by atomic mass is 16.3. The normalized spacial score (nSPS) is 16.3. The van der Waals surface area contributed by atoms with Crippen molar-refractivity contribution >= 4 is 11.9 Å². The molecule has 3 heterocycles. The lowest BCUT2D eigenvalue weighted by Gasteiger charge is -2.41. The fraction of sp³-hybridized carbons (Fsp3) is 0.238. The number of hydrogen-bond acceptors (Lipinski definition) is 6. The number of benzene rings is 2. The molecule has 1 unspecified atom stereocenters. The Morgan fingerprint density at radius 3 is 2.69 bits per heavy atom. The molecule has 2 aromatic carbocycles. The first-order valence-electron chi connectivity index (χ1n) is 9.44. The molecule has 144 valence electrons. The molecule has 0 bridgehead atoms. The van der Waals surface area contributed by atoms with E-state index in [1.165, 1.54) is 0 Å². The van der Waals surface area contributed by atoms with Crippen LogP contribution < -0.4 is 4.90 Å². The van der Waals surface area contributed by atoms with Crippen molar-refractivity contribution in [3.05, 3.63) is 65.5 Å². The summed E-state index contributed by atoms with van der Waals surface area (Å²) in [7, 11) is 0. The van der Waals surface area contributed by atoms with Crippen LogP contribution in [0.2, 0.25) is 0 Å². The van der Waals surface area contributed by atoms with E-state index >= 15 is 0 Å². The number of aromatic hydroxyl groups is 1. The van der Waals surface area contributed by atoms with E-state index in [-0.39, 0.29) is 17.8 Å². The molecule has 1 fully saturated rings. The lowest BCUT2D eigenvalue weighted by molar-refractivity contribution is -0.129. The molecule has 0 radical (unpaired) electrons. The van der Waals surface area contributed by atoms with Crippen molar-refractivity contribution in [1.82, 2.24) is 19.7 Å². The molecule has 1 saturated heterocycles. The second-order valence-corrected chi connectivity index (χ2v) is 7.24. The number of amides is 1. The van der Waals surface area contributed by atoms with E-state index in [9.17, 15) is 9.90 Å². The predicted molar refractivity (Wildman–Crippen MR) is 104 cm³/mol. The fourth-order valence-electron chi connectivity index (χ4n) is 4.16. The van der Waals surface area contributed by atoms with Crippen molar-refractivity contribution in [1.29, 1.82) is 5.26 Å². The maximum Gasteiger partial charge on any atom is 0.233 e. The molecule has 2 aliphatic heterocycles. The third-order valence-electron chi connectivity index (χ3n) is 5.49. The number of hydrogen-bond donors (Lipinski definition) is 1. The highest BCUT2D eigenvalue weighted by Crippen LogP contribution is 2.39. The largest absolute Gasteiger partial charge is 0.508 e. The zero-order valence-corrected chi connectivity index (χ0v) is 15.6. The highest BCUT2D eigenvalue weighted by molar-refractivity contribution is 5.79. The van der Waals surface area contributed by atoms with E-state index in [4.69, 9.17) is 5.26 Å². The summed E-state index contributed by atoms with van der Waals surface area (Å²) in [6.45, 7) is 1.12. The number of aromatic nitrogens is 3. The van der Waals surface area contributed by atoms with Crippen LogP contribution in [-0.2, 0) is 11.3 Å². The molecule has 0 spiro atoms. The number of phenols is 1. The second kappa shape index (κ2) is 6.63. The molecule has 0 saturated carbocycles. The topological polar surface area (TPSA) is 98.3 Å². The maximum absolute atomic E-state index is 12.7. The molecule has 5 rings (SSSR count). The Morgan fingerprint density at radius 1 is 1.14 bits per heavy atom. The van der Waals surface area contributed by atoms with Crippen molar-refractivity contribution < 1.29 is 9.90 Å². The third-order valence-corrected chi connectivity index (χ3v) is 5.49. The van der Waals surface area contributed by atoms with E-state index in [1.54, 1.807) is 30.6 Å². The average Bonchev–Trinajstić information content (AvgIpc) is 3.38. The van der Waals surface area contributed by atoms with Crippen LogP contribution >= 0.6 is 0 Å². The molecule has 1 N–H and O–H groups in total. The fourth-order valence-corrected chi connectivity index (χ4v) is 4.16. The molecule has 0 aliphatic carbocycles. The Hall–Kier alpha value is -3.86. The summed E-state index contributed by atoms with van der Waals surface area (Å²) < 4.78 is 1.87. The van der Waals surface area contributed by atoms with Crippen molar-refractivity contribution in [3.8, 4) is 17.5 Å². The lowest BCUT2D eigenvalue weighted by atomic mass is 10.0. The Bertz CT molecular complexity index is 1130. The smallest absolute Gasteiger partial charge is 0.233 e. The van der Waals surface area contributed by atoms with Crippen LogP contribution in [-0.4, -0.2) is 37.2 Å². The minimum absolute atomic E-state index is 0.0899. The van der Waals surface area contributed by atoms with Gasteiger partial charge in [-0.3, -0.25) is 9.36 Å². The Balaban J connectivity index is 1.64. The Labute approximate surface area is 167 Å². The zero-order valence-electron chi connectivity index (χ0n) is 15.6. The van der Waals surface area contributed by atoms with Gasteiger partial charge in [0.15, 0.2) is 0 Å². The predicted octanol–water partition coefficient (Wildman–Crippen LogP) is 2.49. The first-order chi connectivity index (χ1) is 14.2. The summed E-state index contributed by atoms with van der Waals surface area (Å²) in [4.78, 5) is 16.6. The molecule has 29 heavy (non-hydrogen) atoms. The van der Waals surface area contributed by atoms with E-state index < -0.39 is 0 Å². The zero-order chi connectivity index (χ0) is 20.0. The van der Waals surface area contributed by atoms with Crippen LogP contribution in [0.15, 0.2) is 48.8 Å². The Morgan fingerprint density at radius 2 is 1.97 bits per heavy atom. The molecule has 8 nitrogen and oxygen atoms in total. The average molecular weight is 386 g/mol. The van der Waals surface area contributed by atoms with Gasteiger partial charge in [0.25, 0.3) is 0 Å². The van der Waals surface area contributed by atoms with Crippen LogP contribution in [0.4, 0.5) is 5.95 Å². The minimum atomic E-state index is -0.379. The molecule has 1 amide bonds. The van der Waals surface area contributed by atoms with E-state index in [0.29, 0.717) is 31.0 Å². The van der Waals surface area contributed by atoms with Crippen LogP contribution in [0.1, 0.15) is 35.7 Å². The third kappa shape index (κ3) is 2.79. The summed E-state index contributed by atoms with van der Waals surface area (Å²) >= 11 is 0. The number of rotatable bonds is 3. The molecular weight excluding hydrogens is 368 g/mol. The van der Waals surface area contributed by atoms with Gasteiger partial charge >= 0.3 is 0 Å². The lowest BCUT2D eigenvalue weighted by Crippen LogP contribution is -2.44.